The Hall–Kier alpha value is -3.89. The smallest absolute Gasteiger partial charge is 0.330 e. The van der Waals surface area contributed by atoms with Crippen LogP contribution < -0.4 is 26.6 Å². The Morgan fingerprint density at radius 1 is 1.24 bits per heavy atom. The maximum Gasteiger partial charge on any atom is 0.330 e. The first-order valence-corrected chi connectivity index (χ1v) is 10.7. The number of benzene rings is 1. The molecule has 0 radical (unpaired) electrons. The average Bonchev–Trinajstić information content (AvgIpc) is 3.27. The molecule has 0 unspecified atom stereocenters. The number of ether oxygens (including phenoxy) is 1. The van der Waals surface area contributed by atoms with Gasteiger partial charge in [0, 0.05) is 32.0 Å². The van der Waals surface area contributed by atoms with Gasteiger partial charge in [0.15, 0.2) is 5.69 Å². The number of nitrogens with one attached hydrogen (secondary N) is 1. The Morgan fingerprint density at radius 2 is 1.97 bits per heavy atom. The minimum Gasteiger partial charge on any atom is -0.497 e. The number of rotatable bonds is 10. The molecule has 3 aromatic rings. The zero-order chi connectivity index (χ0) is 24.0. The molecule has 0 fully saturated rings. The van der Waals surface area contributed by atoms with Crippen LogP contribution in [0.1, 0.15) is 38.5 Å². The molecule has 11 nitrogen and oxygen atoms in total. The second-order valence-electron chi connectivity index (χ2n) is 7.54. The van der Waals surface area contributed by atoms with Gasteiger partial charge in [-0.2, -0.15) is 4.98 Å². The van der Waals surface area contributed by atoms with Crippen LogP contribution >= 0.6 is 0 Å². The highest BCUT2D eigenvalue weighted by atomic mass is 16.5. The number of amides is 1. The zero-order valence-electron chi connectivity index (χ0n) is 19.0. The molecule has 11 heteroatoms. The molecule has 0 spiro atoms. The third kappa shape index (κ3) is 5.48. The number of hydrogen-bond acceptors (Lipinski definition) is 8. The van der Waals surface area contributed by atoms with Gasteiger partial charge in [-0.15, -0.1) is 0 Å². The summed E-state index contributed by atoms with van der Waals surface area (Å²) >= 11 is 0. The van der Waals surface area contributed by atoms with Crippen molar-refractivity contribution in [1.29, 1.82) is 0 Å². The number of anilines is 2. The van der Waals surface area contributed by atoms with Crippen LogP contribution in [0.5, 0.6) is 5.75 Å². The van der Waals surface area contributed by atoms with Crippen molar-refractivity contribution in [2.24, 2.45) is 0 Å². The largest absolute Gasteiger partial charge is 0.497 e. The van der Waals surface area contributed by atoms with Crippen molar-refractivity contribution in [2.75, 3.05) is 24.8 Å². The molecule has 0 saturated heterocycles. The topological polar surface area (TPSA) is 149 Å². The number of H-pyrrole nitrogens is 1. The SMILES string of the molecule is CCCCn1c(N)c(N(C)C(=O)CCCc2nc(-c3ccc(OC)cc3)no2)c(=O)[nH]c1=O. The van der Waals surface area contributed by atoms with Gasteiger partial charge in [-0.1, -0.05) is 18.5 Å². The molecular formula is C22H28N6O5. The zero-order valence-corrected chi connectivity index (χ0v) is 19.0. The Labute approximate surface area is 190 Å². The number of unbranched alkanes of at least 4 members (excludes halogenated alkanes) is 1. The van der Waals surface area contributed by atoms with Crippen LogP contribution in [0.4, 0.5) is 11.5 Å². The second kappa shape index (κ2) is 10.6. The number of carbonyl (C=O) groups excluding carboxylic acids is 1. The van der Waals surface area contributed by atoms with Gasteiger partial charge in [0.25, 0.3) is 5.56 Å². The fraction of sp³-hybridized carbons (Fsp3) is 0.409. The number of nitrogen functional groups attached to an aromatic ring is 1. The molecule has 0 aliphatic carbocycles. The predicted octanol–water partition coefficient (Wildman–Crippen LogP) is 1.96. The van der Waals surface area contributed by atoms with Gasteiger partial charge in [0.1, 0.15) is 11.6 Å². The standard InChI is InChI=1S/C22H28N6O5/c1-4-5-13-28-19(23)18(21(30)25-22(28)31)27(2)17(29)8-6-7-16-24-20(26-33-16)14-9-11-15(32-3)12-10-14/h9-12H,4-8,13,23H2,1-3H3,(H,25,30,31). The van der Waals surface area contributed by atoms with Crippen molar-refractivity contribution in [3.05, 3.63) is 51.0 Å². The summed E-state index contributed by atoms with van der Waals surface area (Å²) in [5.41, 5.74) is 5.55. The van der Waals surface area contributed by atoms with Crippen LogP contribution in [0.3, 0.4) is 0 Å². The molecule has 1 amide bonds. The van der Waals surface area contributed by atoms with E-state index in [4.69, 9.17) is 15.0 Å². The number of nitrogens with zero attached hydrogens (tertiary/aromatic N) is 4. The van der Waals surface area contributed by atoms with Crippen LogP contribution in [-0.2, 0) is 17.8 Å². The average molecular weight is 457 g/mol. The quantitative estimate of drug-likeness (QED) is 0.470. The summed E-state index contributed by atoms with van der Waals surface area (Å²) in [6, 6.07) is 7.26. The van der Waals surface area contributed by atoms with Gasteiger partial charge in [-0.05, 0) is 37.1 Å². The summed E-state index contributed by atoms with van der Waals surface area (Å²) in [6.45, 7) is 2.34. The lowest BCUT2D eigenvalue weighted by Gasteiger charge is -2.20. The van der Waals surface area contributed by atoms with E-state index in [0.717, 1.165) is 24.2 Å². The van der Waals surface area contributed by atoms with Gasteiger partial charge in [-0.25, -0.2) is 4.79 Å². The minimum absolute atomic E-state index is 0.0194. The van der Waals surface area contributed by atoms with Crippen molar-refractivity contribution >= 4 is 17.4 Å². The molecule has 0 aliphatic heterocycles. The third-order valence-electron chi connectivity index (χ3n) is 5.26. The van der Waals surface area contributed by atoms with Gasteiger partial charge in [-0.3, -0.25) is 19.1 Å². The minimum atomic E-state index is -0.692. The normalized spacial score (nSPS) is 10.9. The van der Waals surface area contributed by atoms with E-state index in [1.807, 2.05) is 19.1 Å². The fourth-order valence-electron chi connectivity index (χ4n) is 3.34. The van der Waals surface area contributed by atoms with Crippen LogP contribution in [0, 0.1) is 0 Å². The number of methoxy groups -OCH3 is 1. The molecule has 0 saturated carbocycles. The maximum absolute atomic E-state index is 12.7. The summed E-state index contributed by atoms with van der Waals surface area (Å²) < 4.78 is 11.7. The van der Waals surface area contributed by atoms with Crippen molar-refractivity contribution in [1.82, 2.24) is 19.7 Å². The fourth-order valence-corrected chi connectivity index (χ4v) is 3.34. The van der Waals surface area contributed by atoms with E-state index in [-0.39, 0.29) is 23.8 Å². The number of aromatic amines is 1. The summed E-state index contributed by atoms with van der Waals surface area (Å²) in [7, 11) is 3.06. The molecule has 176 valence electrons. The van der Waals surface area contributed by atoms with E-state index in [0.29, 0.717) is 31.1 Å². The summed E-state index contributed by atoms with van der Waals surface area (Å²) in [4.78, 5) is 44.9. The van der Waals surface area contributed by atoms with Crippen molar-refractivity contribution in [2.45, 2.75) is 45.6 Å². The Morgan fingerprint density at radius 3 is 2.64 bits per heavy atom. The van der Waals surface area contributed by atoms with Gasteiger partial charge in [0.05, 0.1) is 7.11 Å². The molecule has 2 heterocycles. The first-order valence-electron chi connectivity index (χ1n) is 10.7. The maximum atomic E-state index is 12.7. The molecule has 3 rings (SSSR count). The Balaban J connectivity index is 1.63. The van der Waals surface area contributed by atoms with E-state index in [2.05, 4.69) is 15.1 Å². The van der Waals surface area contributed by atoms with Crippen LogP contribution in [0.25, 0.3) is 11.4 Å². The number of carbonyl (C=O) groups is 1. The predicted molar refractivity (Wildman–Crippen MR) is 123 cm³/mol. The van der Waals surface area contributed by atoms with E-state index in [1.54, 1.807) is 19.2 Å². The number of aromatic nitrogens is 4. The van der Waals surface area contributed by atoms with Crippen LogP contribution in [-0.4, -0.2) is 39.8 Å². The molecule has 1 aromatic carbocycles. The van der Waals surface area contributed by atoms with E-state index in [9.17, 15) is 14.4 Å². The Bertz CT molecular complexity index is 1210. The first-order chi connectivity index (χ1) is 15.8. The number of nitrogens with two attached hydrogens (primary N) is 1. The lowest BCUT2D eigenvalue weighted by Crippen LogP contribution is -2.39. The lowest BCUT2D eigenvalue weighted by molar-refractivity contribution is -0.118. The van der Waals surface area contributed by atoms with Crippen molar-refractivity contribution in [3.8, 4) is 17.1 Å². The number of aryl methyl sites for hydroxylation is 1. The molecule has 33 heavy (non-hydrogen) atoms. The highest BCUT2D eigenvalue weighted by Crippen LogP contribution is 2.21. The molecule has 2 aromatic heterocycles. The third-order valence-corrected chi connectivity index (χ3v) is 5.26. The highest BCUT2D eigenvalue weighted by molar-refractivity contribution is 5.94. The molecule has 0 atom stereocenters. The summed E-state index contributed by atoms with van der Waals surface area (Å²) in [5.74, 6) is 1.24. The second-order valence-corrected chi connectivity index (χ2v) is 7.54. The number of hydrogen-bond donors (Lipinski definition) is 2. The van der Waals surface area contributed by atoms with Gasteiger partial charge < -0.3 is 19.9 Å². The first kappa shape index (κ1) is 23.8. The molecular weight excluding hydrogens is 428 g/mol. The van der Waals surface area contributed by atoms with Crippen LogP contribution in [0.15, 0.2) is 38.4 Å². The van der Waals surface area contributed by atoms with Crippen molar-refractivity contribution in [3.63, 3.8) is 0 Å². The molecule has 0 bridgehead atoms. The van der Waals surface area contributed by atoms with E-state index < -0.39 is 11.2 Å². The van der Waals surface area contributed by atoms with Crippen molar-refractivity contribution < 1.29 is 14.1 Å². The highest BCUT2D eigenvalue weighted by Gasteiger charge is 2.21. The summed E-state index contributed by atoms with van der Waals surface area (Å²) in [6.07, 6.45) is 2.52. The summed E-state index contributed by atoms with van der Waals surface area (Å²) in [5, 5.41) is 3.97. The Kier molecular flexibility index (Phi) is 7.65. The van der Waals surface area contributed by atoms with E-state index >= 15 is 0 Å². The monoisotopic (exact) mass is 456 g/mol. The molecule has 0 aliphatic rings. The molecule has 3 N–H and O–H groups in total. The van der Waals surface area contributed by atoms with Crippen LogP contribution in [0.2, 0.25) is 0 Å². The van der Waals surface area contributed by atoms with Gasteiger partial charge >= 0.3 is 5.69 Å². The van der Waals surface area contributed by atoms with Gasteiger partial charge in [0.2, 0.25) is 17.6 Å². The lowest BCUT2D eigenvalue weighted by atomic mass is 10.2. The van der Waals surface area contributed by atoms with E-state index in [1.165, 1.54) is 16.5 Å².